The van der Waals surface area contributed by atoms with Gasteiger partial charge < -0.3 is 29.3 Å². The molecule has 30 heavy (non-hydrogen) atoms. The summed E-state index contributed by atoms with van der Waals surface area (Å²) in [6.07, 6.45) is 0. The lowest BCUT2D eigenvalue weighted by molar-refractivity contribution is 0.324. The van der Waals surface area contributed by atoms with Crippen molar-refractivity contribution in [3.63, 3.8) is 0 Å². The van der Waals surface area contributed by atoms with Gasteiger partial charge in [0.25, 0.3) is 0 Å². The normalized spacial score (nSPS) is 11.0. The van der Waals surface area contributed by atoms with E-state index in [1.54, 1.807) is 21.3 Å². The van der Waals surface area contributed by atoms with Crippen molar-refractivity contribution in [2.75, 3.05) is 27.9 Å². The third-order valence-corrected chi connectivity index (χ3v) is 4.40. The molecule has 7 nitrogen and oxygen atoms in total. The van der Waals surface area contributed by atoms with Gasteiger partial charge in [0.2, 0.25) is 5.75 Å². The molecule has 8 heteroatoms. The minimum atomic E-state index is 0. The Morgan fingerprint density at radius 3 is 2.27 bits per heavy atom. The maximum Gasteiger partial charge on any atom is 0.203 e. The molecule has 0 saturated carbocycles. The van der Waals surface area contributed by atoms with Gasteiger partial charge in [-0.15, -0.1) is 24.0 Å². The third-order valence-electron chi connectivity index (χ3n) is 4.40. The number of aliphatic imine (C=N–C) groups is 1. The summed E-state index contributed by atoms with van der Waals surface area (Å²) in [5, 5.41) is 7.64. The number of hydrogen-bond donors (Lipinski definition) is 2. The molecule has 0 aliphatic rings. The minimum Gasteiger partial charge on any atom is -0.493 e. The van der Waals surface area contributed by atoms with Gasteiger partial charge in [0.15, 0.2) is 17.5 Å². The van der Waals surface area contributed by atoms with E-state index < -0.39 is 0 Å². The molecule has 0 spiro atoms. The largest absolute Gasteiger partial charge is 0.493 e. The fourth-order valence-corrected chi connectivity index (χ4v) is 3.03. The number of nitrogens with one attached hydrogen (secondary N) is 2. The molecule has 3 aromatic rings. The monoisotopic (exact) mass is 525 g/mol. The van der Waals surface area contributed by atoms with E-state index in [0.29, 0.717) is 36.3 Å². The Hall–Kier alpha value is -2.62. The first-order chi connectivity index (χ1) is 14.2. The summed E-state index contributed by atoms with van der Waals surface area (Å²) in [5.74, 6) is 3.33. The summed E-state index contributed by atoms with van der Waals surface area (Å²) in [5.41, 5.74) is 1.82. The Kier molecular flexibility index (Phi) is 9.10. The van der Waals surface area contributed by atoms with E-state index in [1.165, 1.54) is 0 Å². The van der Waals surface area contributed by atoms with Crippen LogP contribution in [0.2, 0.25) is 0 Å². The van der Waals surface area contributed by atoms with Gasteiger partial charge in [-0.05, 0) is 36.8 Å². The van der Waals surface area contributed by atoms with Crippen molar-refractivity contribution in [2.45, 2.75) is 20.0 Å². The van der Waals surface area contributed by atoms with Crippen LogP contribution < -0.4 is 24.8 Å². The lowest BCUT2D eigenvalue weighted by Gasteiger charge is -2.14. The predicted molar refractivity (Wildman–Crippen MR) is 129 cm³/mol. The summed E-state index contributed by atoms with van der Waals surface area (Å²) >= 11 is 0. The van der Waals surface area contributed by atoms with Crippen molar-refractivity contribution in [3.8, 4) is 17.2 Å². The zero-order valence-corrected chi connectivity index (χ0v) is 20.0. The maximum absolute atomic E-state index is 5.85. The first-order valence-electron chi connectivity index (χ1n) is 9.47. The van der Waals surface area contributed by atoms with Crippen LogP contribution in [0.25, 0.3) is 11.0 Å². The highest BCUT2D eigenvalue weighted by Gasteiger charge is 2.13. The number of fused-ring (bicyclic) bond motifs is 1. The van der Waals surface area contributed by atoms with Crippen molar-refractivity contribution in [3.05, 3.63) is 53.8 Å². The summed E-state index contributed by atoms with van der Waals surface area (Å²) in [4.78, 5) is 4.66. The van der Waals surface area contributed by atoms with Crippen LogP contribution in [0, 0.1) is 0 Å². The highest BCUT2D eigenvalue weighted by molar-refractivity contribution is 14.0. The Labute approximate surface area is 193 Å². The third kappa shape index (κ3) is 5.71. The number of halogens is 1. The zero-order chi connectivity index (χ0) is 20.6. The maximum atomic E-state index is 5.85. The van der Waals surface area contributed by atoms with Crippen molar-refractivity contribution >= 4 is 40.9 Å². The van der Waals surface area contributed by atoms with Crippen LogP contribution in [0.1, 0.15) is 18.2 Å². The van der Waals surface area contributed by atoms with Crippen molar-refractivity contribution < 1.29 is 18.6 Å². The number of nitrogens with zero attached hydrogens (tertiary/aromatic N) is 1. The van der Waals surface area contributed by atoms with Gasteiger partial charge in [-0.2, -0.15) is 0 Å². The second-order valence-electron chi connectivity index (χ2n) is 6.33. The minimum absolute atomic E-state index is 0. The Morgan fingerprint density at radius 1 is 0.967 bits per heavy atom. The summed E-state index contributed by atoms with van der Waals surface area (Å²) < 4.78 is 22.0. The second kappa shape index (κ2) is 11.5. The topological polar surface area (TPSA) is 77.3 Å². The van der Waals surface area contributed by atoms with Gasteiger partial charge in [-0.1, -0.05) is 18.2 Å². The van der Waals surface area contributed by atoms with Crippen LogP contribution in [0.4, 0.5) is 0 Å². The molecule has 0 aliphatic carbocycles. The number of para-hydroxylation sites is 1. The molecule has 2 aromatic carbocycles. The van der Waals surface area contributed by atoms with Crippen LogP contribution in [0.3, 0.4) is 0 Å². The number of rotatable bonds is 8. The van der Waals surface area contributed by atoms with E-state index in [4.69, 9.17) is 18.6 Å². The number of guanidine groups is 1. The van der Waals surface area contributed by atoms with Crippen LogP contribution in [0.15, 0.2) is 51.9 Å². The lowest BCUT2D eigenvalue weighted by Crippen LogP contribution is -2.36. The predicted octanol–water partition coefficient (Wildman–Crippen LogP) is 4.33. The van der Waals surface area contributed by atoms with E-state index >= 15 is 0 Å². The van der Waals surface area contributed by atoms with Crippen LogP contribution in [-0.4, -0.2) is 33.8 Å². The second-order valence-corrected chi connectivity index (χ2v) is 6.33. The quantitative estimate of drug-likeness (QED) is 0.259. The molecule has 2 N–H and O–H groups in total. The molecule has 0 aliphatic heterocycles. The van der Waals surface area contributed by atoms with Crippen LogP contribution in [0.5, 0.6) is 17.2 Å². The van der Waals surface area contributed by atoms with Crippen molar-refractivity contribution in [1.82, 2.24) is 10.6 Å². The molecule has 0 saturated heterocycles. The smallest absolute Gasteiger partial charge is 0.203 e. The zero-order valence-electron chi connectivity index (χ0n) is 17.7. The Balaban J connectivity index is 0.00000320. The first-order valence-corrected chi connectivity index (χ1v) is 9.47. The fourth-order valence-electron chi connectivity index (χ4n) is 3.03. The number of furan rings is 1. The van der Waals surface area contributed by atoms with Crippen molar-refractivity contribution in [2.24, 2.45) is 4.99 Å². The molecule has 3 rings (SSSR count). The van der Waals surface area contributed by atoms with E-state index in [2.05, 4.69) is 15.6 Å². The van der Waals surface area contributed by atoms with Crippen LogP contribution in [-0.2, 0) is 13.1 Å². The molecule has 1 heterocycles. The molecule has 1 aromatic heterocycles. The highest BCUT2D eigenvalue weighted by atomic mass is 127. The van der Waals surface area contributed by atoms with Gasteiger partial charge in [0, 0.05) is 11.9 Å². The molecule has 0 fully saturated rings. The van der Waals surface area contributed by atoms with E-state index in [-0.39, 0.29) is 24.0 Å². The molecular formula is C22H28IN3O4. The Morgan fingerprint density at radius 2 is 1.67 bits per heavy atom. The first kappa shape index (κ1) is 23.7. The summed E-state index contributed by atoms with van der Waals surface area (Å²) in [6.45, 7) is 3.76. The summed E-state index contributed by atoms with van der Waals surface area (Å²) in [7, 11) is 4.79. The average Bonchev–Trinajstić information content (AvgIpc) is 3.17. The van der Waals surface area contributed by atoms with E-state index in [1.807, 2.05) is 49.4 Å². The van der Waals surface area contributed by atoms with E-state index in [0.717, 1.165) is 28.8 Å². The van der Waals surface area contributed by atoms with Crippen LogP contribution >= 0.6 is 24.0 Å². The fraction of sp³-hybridized carbons (Fsp3) is 0.318. The number of hydrogen-bond acceptors (Lipinski definition) is 5. The van der Waals surface area contributed by atoms with Gasteiger partial charge >= 0.3 is 0 Å². The molecule has 0 radical (unpaired) electrons. The molecular weight excluding hydrogens is 497 g/mol. The number of methoxy groups -OCH3 is 3. The molecule has 0 unspecified atom stereocenters. The van der Waals surface area contributed by atoms with Gasteiger partial charge in [-0.25, -0.2) is 4.99 Å². The molecule has 0 amide bonds. The van der Waals surface area contributed by atoms with Gasteiger partial charge in [0.1, 0.15) is 11.3 Å². The lowest BCUT2D eigenvalue weighted by atomic mass is 10.2. The highest BCUT2D eigenvalue weighted by Crippen LogP contribution is 2.38. The van der Waals surface area contributed by atoms with Gasteiger partial charge in [-0.3, -0.25) is 0 Å². The molecule has 0 atom stereocenters. The molecule has 0 bridgehead atoms. The average molecular weight is 525 g/mol. The Bertz CT molecular complexity index is 929. The SMILES string of the molecule is CCNC(=NCc1cc(OC)c(OC)c(OC)c1)NCc1cc2ccccc2o1.I. The standard InChI is InChI=1S/C22H27N3O4.HI/c1-5-23-22(25-14-17-12-16-8-6-7-9-18(16)29-17)24-13-15-10-19(26-2)21(28-4)20(11-15)27-3;/h6-12H,5,13-14H2,1-4H3,(H2,23,24,25);1H. The number of ether oxygens (including phenoxy) is 3. The van der Waals surface area contributed by atoms with E-state index in [9.17, 15) is 0 Å². The van der Waals surface area contributed by atoms with Crippen molar-refractivity contribution in [1.29, 1.82) is 0 Å². The summed E-state index contributed by atoms with van der Waals surface area (Å²) in [6, 6.07) is 13.8. The molecule has 162 valence electrons. The van der Waals surface area contributed by atoms with Gasteiger partial charge in [0.05, 0.1) is 34.4 Å². The number of benzene rings is 2.